The normalized spacial score (nSPS) is 13.4. The Bertz CT molecular complexity index is 362. The van der Waals surface area contributed by atoms with E-state index in [0.717, 1.165) is 19.5 Å². The summed E-state index contributed by atoms with van der Waals surface area (Å²) in [5, 5.41) is 6.39. The third-order valence-electron chi connectivity index (χ3n) is 3.89. The van der Waals surface area contributed by atoms with Gasteiger partial charge in [-0.15, -0.1) is 0 Å². The minimum absolute atomic E-state index is 0.390. The molecule has 150 valence electrons. The van der Waals surface area contributed by atoms with E-state index in [-0.39, 0.29) is 0 Å². The van der Waals surface area contributed by atoms with Gasteiger partial charge in [-0.05, 0) is 54.1 Å². The molecule has 0 aromatic rings. The molecule has 0 aliphatic rings. The van der Waals surface area contributed by atoms with Gasteiger partial charge in [0.05, 0.1) is 6.54 Å². The molecule has 25 heavy (non-hydrogen) atoms. The van der Waals surface area contributed by atoms with Crippen LogP contribution in [-0.2, 0) is 0 Å². The maximum atomic E-state index is 12.2. The van der Waals surface area contributed by atoms with Crippen molar-refractivity contribution in [2.45, 2.75) is 58.8 Å². The van der Waals surface area contributed by atoms with Gasteiger partial charge in [0.15, 0.2) is 5.96 Å². The van der Waals surface area contributed by atoms with Gasteiger partial charge in [0.25, 0.3) is 0 Å². The van der Waals surface area contributed by atoms with E-state index >= 15 is 0 Å². The SMILES string of the molecule is CN=C(NCCCN(C)CC(F)(F)F)NCCCN(C(C)C)C(C)C. The number of nitrogens with zero attached hydrogens (tertiary/aromatic N) is 3. The summed E-state index contributed by atoms with van der Waals surface area (Å²) in [4.78, 5) is 7.86. The molecular weight excluding hydrogens is 331 g/mol. The Balaban J connectivity index is 3.90. The number of alkyl halides is 3. The van der Waals surface area contributed by atoms with Crippen molar-refractivity contribution < 1.29 is 13.2 Å². The topological polar surface area (TPSA) is 42.9 Å². The zero-order chi connectivity index (χ0) is 19.5. The van der Waals surface area contributed by atoms with E-state index in [0.29, 0.717) is 37.6 Å². The first-order chi connectivity index (χ1) is 11.6. The van der Waals surface area contributed by atoms with Gasteiger partial charge in [0, 0.05) is 38.8 Å². The van der Waals surface area contributed by atoms with Crippen LogP contribution < -0.4 is 10.6 Å². The van der Waals surface area contributed by atoms with E-state index in [1.807, 2.05) is 0 Å². The smallest absolute Gasteiger partial charge is 0.356 e. The van der Waals surface area contributed by atoms with Crippen molar-refractivity contribution in [3.05, 3.63) is 0 Å². The molecule has 0 spiro atoms. The lowest BCUT2D eigenvalue weighted by Crippen LogP contribution is -2.42. The van der Waals surface area contributed by atoms with Gasteiger partial charge in [-0.2, -0.15) is 13.2 Å². The maximum absolute atomic E-state index is 12.2. The second kappa shape index (κ2) is 12.4. The molecule has 0 aromatic heterocycles. The molecule has 0 amide bonds. The van der Waals surface area contributed by atoms with Crippen molar-refractivity contribution in [3.8, 4) is 0 Å². The number of rotatable bonds is 11. The van der Waals surface area contributed by atoms with E-state index in [4.69, 9.17) is 0 Å². The summed E-state index contributed by atoms with van der Waals surface area (Å²) in [5.74, 6) is 0.694. The Kier molecular flexibility index (Phi) is 11.8. The third kappa shape index (κ3) is 12.9. The number of hydrogen-bond acceptors (Lipinski definition) is 3. The van der Waals surface area contributed by atoms with Crippen molar-refractivity contribution in [1.82, 2.24) is 20.4 Å². The molecular formula is C17H36F3N5. The quantitative estimate of drug-likeness (QED) is 0.335. The molecule has 0 saturated heterocycles. The molecule has 8 heteroatoms. The molecule has 5 nitrogen and oxygen atoms in total. The maximum Gasteiger partial charge on any atom is 0.401 e. The first-order valence-corrected chi connectivity index (χ1v) is 9.02. The zero-order valence-electron chi connectivity index (χ0n) is 16.6. The zero-order valence-corrected chi connectivity index (χ0v) is 16.6. The van der Waals surface area contributed by atoms with E-state index in [9.17, 15) is 13.2 Å². The van der Waals surface area contributed by atoms with Crippen molar-refractivity contribution in [1.29, 1.82) is 0 Å². The van der Waals surface area contributed by atoms with Crippen molar-refractivity contribution in [2.24, 2.45) is 4.99 Å². The summed E-state index contributed by atoms with van der Waals surface area (Å²) >= 11 is 0. The lowest BCUT2D eigenvalue weighted by atomic mass is 10.2. The van der Waals surface area contributed by atoms with Crippen LogP contribution in [0.1, 0.15) is 40.5 Å². The largest absolute Gasteiger partial charge is 0.401 e. The Morgan fingerprint density at radius 1 is 0.960 bits per heavy atom. The molecule has 0 radical (unpaired) electrons. The van der Waals surface area contributed by atoms with Gasteiger partial charge in [0.2, 0.25) is 0 Å². The highest BCUT2D eigenvalue weighted by Gasteiger charge is 2.28. The molecule has 0 aliphatic heterocycles. The lowest BCUT2D eigenvalue weighted by Gasteiger charge is -2.30. The minimum atomic E-state index is -4.14. The van der Waals surface area contributed by atoms with Crippen LogP contribution in [0.2, 0.25) is 0 Å². The van der Waals surface area contributed by atoms with Gasteiger partial charge in [0.1, 0.15) is 0 Å². The second-order valence-electron chi connectivity index (χ2n) is 6.91. The van der Waals surface area contributed by atoms with Crippen LogP contribution in [0.4, 0.5) is 13.2 Å². The second-order valence-corrected chi connectivity index (χ2v) is 6.91. The summed E-state index contributed by atoms with van der Waals surface area (Å²) < 4.78 is 36.7. The standard InChI is InChI=1S/C17H36F3N5/c1-14(2)25(15(3)4)12-8-10-23-16(21-5)22-9-7-11-24(6)13-17(18,19)20/h14-15H,7-13H2,1-6H3,(H2,21,22,23). The number of nitrogens with one attached hydrogen (secondary N) is 2. The van der Waals surface area contributed by atoms with Gasteiger partial charge in [-0.3, -0.25) is 14.8 Å². The Morgan fingerprint density at radius 2 is 1.44 bits per heavy atom. The third-order valence-corrected chi connectivity index (χ3v) is 3.89. The molecule has 0 saturated carbocycles. The van der Waals surface area contributed by atoms with Crippen molar-refractivity contribution >= 4 is 5.96 Å². The Hall–Kier alpha value is -1.02. The van der Waals surface area contributed by atoms with E-state index in [1.165, 1.54) is 11.9 Å². The summed E-state index contributed by atoms with van der Waals surface area (Å²) in [5.41, 5.74) is 0. The molecule has 0 heterocycles. The average molecular weight is 368 g/mol. The highest BCUT2D eigenvalue weighted by Crippen LogP contribution is 2.15. The number of halogens is 3. The molecule has 0 unspecified atom stereocenters. The van der Waals surface area contributed by atoms with Crippen LogP contribution in [0.15, 0.2) is 4.99 Å². The van der Waals surface area contributed by atoms with Crippen molar-refractivity contribution in [3.63, 3.8) is 0 Å². The average Bonchev–Trinajstić information content (AvgIpc) is 2.46. The summed E-state index contributed by atoms with van der Waals surface area (Å²) in [7, 11) is 3.18. The number of aliphatic imine (C=N–C) groups is 1. The van der Waals surface area contributed by atoms with Crippen LogP contribution in [-0.4, -0.2) is 80.8 Å². The van der Waals surface area contributed by atoms with Crippen LogP contribution >= 0.6 is 0 Å². The van der Waals surface area contributed by atoms with Gasteiger partial charge in [-0.25, -0.2) is 0 Å². The molecule has 0 bridgehead atoms. The van der Waals surface area contributed by atoms with Crippen LogP contribution in [0.25, 0.3) is 0 Å². The molecule has 0 aliphatic carbocycles. The number of guanidine groups is 1. The highest BCUT2D eigenvalue weighted by molar-refractivity contribution is 5.79. The van der Waals surface area contributed by atoms with E-state index < -0.39 is 12.7 Å². The first kappa shape index (κ1) is 24.0. The molecule has 0 atom stereocenters. The van der Waals surface area contributed by atoms with Crippen LogP contribution in [0.3, 0.4) is 0 Å². The fourth-order valence-electron chi connectivity index (χ4n) is 2.74. The summed E-state index contributed by atoms with van der Waals surface area (Å²) in [6.45, 7) is 10.7. The monoisotopic (exact) mass is 367 g/mol. The summed E-state index contributed by atoms with van der Waals surface area (Å²) in [6.07, 6.45) is -2.51. The van der Waals surface area contributed by atoms with E-state index in [2.05, 4.69) is 48.2 Å². The first-order valence-electron chi connectivity index (χ1n) is 9.02. The Labute approximate surface area is 151 Å². The van der Waals surface area contributed by atoms with Crippen LogP contribution in [0.5, 0.6) is 0 Å². The van der Waals surface area contributed by atoms with Crippen molar-refractivity contribution in [2.75, 3.05) is 46.8 Å². The van der Waals surface area contributed by atoms with Gasteiger partial charge in [-0.1, -0.05) is 0 Å². The molecule has 0 fully saturated rings. The number of hydrogen-bond donors (Lipinski definition) is 2. The summed E-state index contributed by atoms with van der Waals surface area (Å²) in [6, 6.07) is 1.04. The highest BCUT2D eigenvalue weighted by atomic mass is 19.4. The fraction of sp³-hybridized carbons (Fsp3) is 0.941. The van der Waals surface area contributed by atoms with E-state index in [1.54, 1.807) is 7.05 Å². The fourth-order valence-corrected chi connectivity index (χ4v) is 2.74. The predicted molar refractivity (Wildman–Crippen MR) is 99.1 cm³/mol. The molecule has 2 N–H and O–H groups in total. The Morgan fingerprint density at radius 3 is 1.84 bits per heavy atom. The predicted octanol–water partition coefficient (Wildman–Crippen LogP) is 2.54. The molecule has 0 aromatic carbocycles. The van der Waals surface area contributed by atoms with Gasteiger partial charge >= 0.3 is 6.18 Å². The molecule has 0 rings (SSSR count). The van der Waals surface area contributed by atoms with Crippen LogP contribution in [0, 0.1) is 0 Å². The lowest BCUT2D eigenvalue weighted by molar-refractivity contribution is -0.143. The van der Waals surface area contributed by atoms with Gasteiger partial charge < -0.3 is 10.6 Å². The minimum Gasteiger partial charge on any atom is -0.356 e.